The van der Waals surface area contributed by atoms with Crippen LogP contribution in [0.3, 0.4) is 0 Å². The van der Waals surface area contributed by atoms with Crippen LogP contribution in [0.25, 0.3) is 0 Å². The predicted octanol–water partition coefficient (Wildman–Crippen LogP) is 2.25. The van der Waals surface area contributed by atoms with Crippen LogP contribution in [-0.2, 0) is 0 Å². The molecule has 0 saturated carbocycles. The third kappa shape index (κ3) is 2.75. The first-order chi connectivity index (χ1) is 8.15. The smallest absolute Gasteiger partial charge is 0.335 e. The van der Waals surface area contributed by atoms with Gasteiger partial charge in [-0.05, 0) is 36.4 Å². The van der Waals surface area contributed by atoms with Gasteiger partial charge in [0, 0.05) is 0 Å². The van der Waals surface area contributed by atoms with Crippen molar-refractivity contribution in [3.05, 3.63) is 54.1 Å². The van der Waals surface area contributed by atoms with Crippen molar-refractivity contribution < 1.29 is 19.7 Å². The highest BCUT2D eigenvalue weighted by molar-refractivity contribution is 5.87. The van der Waals surface area contributed by atoms with Gasteiger partial charge in [-0.2, -0.15) is 0 Å². The summed E-state index contributed by atoms with van der Waals surface area (Å²) in [5.41, 5.74) is 0.201. The van der Waals surface area contributed by atoms with Gasteiger partial charge in [-0.1, -0.05) is 12.1 Å². The van der Waals surface area contributed by atoms with Crippen LogP contribution in [0.2, 0.25) is 0 Å². The van der Waals surface area contributed by atoms with Crippen molar-refractivity contribution in [3.63, 3.8) is 0 Å². The highest BCUT2D eigenvalue weighted by Gasteiger charge is 2.02. The molecule has 0 amide bonds. The van der Waals surface area contributed by atoms with Crippen LogP contribution < -0.4 is 9.84 Å². The van der Waals surface area contributed by atoms with Crippen molar-refractivity contribution in [2.24, 2.45) is 0 Å². The fourth-order valence-electron chi connectivity index (χ4n) is 1.31. The molecule has 0 atom stereocenters. The summed E-state index contributed by atoms with van der Waals surface area (Å²) < 4.78 is 5.44. The third-order valence-electron chi connectivity index (χ3n) is 2.16. The van der Waals surface area contributed by atoms with E-state index in [1.165, 1.54) is 24.3 Å². The highest BCUT2D eigenvalue weighted by atomic mass is 16.5. The van der Waals surface area contributed by atoms with E-state index >= 15 is 0 Å². The summed E-state index contributed by atoms with van der Waals surface area (Å²) in [7, 11) is 0. The Balaban J connectivity index is 2.13. The van der Waals surface area contributed by atoms with Crippen molar-refractivity contribution in [2.45, 2.75) is 0 Å². The second-order valence-electron chi connectivity index (χ2n) is 3.40. The van der Waals surface area contributed by atoms with Crippen LogP contribution in [0.4, 0.5) is 0 Å². The van der Waals surface area contributed by atoms with Gasteiger partial charge in [0.15, 0.2) is 0 Å². The van der Waals surface area contributed by atoms with Gasteiger partial charge in [0.05, 0.1) is 5.56 Å². The molecule has 0 unspecified atom stereocenters. The van der Waals surface area contributed by atoms with Gasteiger partial charge in [0.2, 0.25) is 0 Å². The zero-order valence-corrected chi connectivity index (χ0v) is 8.79. The summed E-state index contributed by atoms with van der Waals surface area (Å²) in [6, 6.07) is 12.0. The van der Waals surface area contributed by atoms with Gasteiger partial charge in [-0.25, -0.2) is 4.79 Å². The first-order valence-corrected chi connectivity index (χ1v) is 4.93. The van der Waals surface area contributed by atoms with Crippen LogP contribution in [0.15, 0.2) is 48.5 Å². The maximum Gasteiger partial charge on any atom is 0.335 e. The van der Waals surface area contributed by atoms with E-state index in [0.717, 1.165) is 0 Å². The SMILES string of the molecule is O=C(O)c1ccc(Oc2ccc([O-])cc2)cc1. The molecule has 0 aliphatic carbocycles. The van der Waals surface area contributed by atoms with E-state index in [4.69, 9.17) is 9.84 Å². The minimum atomic E-state index is -0.979. The van der Waals surface area contributed by atoms with E-state index in [2.05, 4.69) is 0 Å². The molecular weight excluding hydrogens is 220 g/mol. The lowest BCUT2D eigenvalue weighted by atomic mass is 10.2. The fraction of sp³-hybridized carbons (Fsp3) is 0. The largest absolute Gasteiger partial charge is 0.872 e. The lowest BCUT2D eigenvalue weighted by Crippen LogP contribution is -1.95. The van der Waals surface area contributed by atoms with Gasteiger partial charge in [0.25, 0.3) is 0 Å². The van der Waals surface area contributed by atoms with Gasteiger partial charge in [0.1, 0.15) is 11.5 Å². The fourth-order valence-corrected chi connectivity index (χ4v) is 1.31. The van der Waals surface area contributed by atoms with Gasteiger partial charge < -0.3 is 14.9 Å². The minimum absolute atomic E-state index is 0.0847. The molecule has 2 aromatic carbocycles. The Kier molecular flexibility index (Phi) is 2.96. The lowest BCUT2D eigenvalue weighted by Gasteiger charge is -2.08. The summed E-state index contributed by atoms with van der Waals surface area (Å²) in [4.78, 5) is 10.6. The summed E-state index contributed by atoms with van der Waals surface area (Å²) in [6.45, 7) is 0. The highest BCUT2D eigenvalue weighted by Crippen LogP contribution is 2.22. The Morgan fingerprint density at radius 3 is 1.88 bits per heavy atom. The van der Waals surface area contributed by atoms with E-state index in [0.29, 0.717) is 11.5 Å². The van der Waals surface area contributed by atoms with Crippen molar-refractivity contribution in [1.29, 1.82) is 0 Å². The van der Waals surface area contributed by atoms with Crippen molar-refractivity contribution in [2.75, 3.05) is 0 Å². The molecule has 0 heterocycles. The molecule has 0 radical (unpaired) electrons. The Morgan fingerprint density at radius 2 is 1.41 bits per heavy atom. The number of ether oxygens (including phenoxy) is 1. The first kappa shape index (κ1) is 11.0. The van der Waals surface area contributed by atoms with Crippen molar-refractivity contribution in [3.8, 4) is 17.2 Å². The van der Waals surface area contributed by atoms with Crippen LogP contribution in [0, 0.1) is 0 Å². The molecule has 1 N–H and O–H groups in total. The zero-order chi connectivity index (χ0) is 12.3. The van der Waals surface area contributed by atoms with Crippen LogP contribution in [0.5, 0.6) is 17.2 Å². The minimum Gasteiger partial charge on any atom is -0.872 e. The summed E-state index contributed by atoms with van der Waals surface area (Å²) in [5.74, 6) is -0.00726. The van der Waals surface area contributed by atoms with Crippen LogP contribution in [0.1, 0.15) is 10.4 Å². The Bertz CT molecular complexity index is 514. The second-order valence-corrected chi connectivity index (χ2v) is 3.40. The topological polar surface area (TPSA) is 69.6 Å². The molecule has 0 saturated heterocycles. The number of aromatic carboxylic acids is 1. The summed E-state index contributed by atoms with van der Waals surface area (Å²) in [5, 5.41) is 19.6. The summed E-state index contributed by atoms with van der Waals surface area (Å²) >= 11 is 0. The third-order valence-corrected chi connectivity index (χ3v) is 2.16. The maximum absolute atomic E-state index is 10.9. The molecule has 86 valence electrons. The molecule has 0 fully saturated rings. The van der Waals surface area contributed by atoms with Gasteiger partial charge in [-0.15, -0.1) is 5.75 Å². The molecule has 0 bridgehead atoms. The molecule has 2 rings (SSSR count). The number of carbonyl (C=O) groups is 1. The molecule has 0 spiro atoms. The van der Waals surface area contributed by atoms with Crippen LogP contribution >= 0.6 is 0 Å². The van der Waals surface area contributed by atoms with E-state index in [1.54, 1.807) is 24.3 Å². The Hall–Kier alpha value is -2.49. The van der Waals surface area contributed by atoms with Crippen molar-refractivity contribution >= 4 is 5.97 Å². The van der Waals surface area contributed by atoms with Gasteiger partial charge in [-0.3, -0.25) is 0 Å². The van der Waals surface area contributed by atoms with Gasteiger partial charge >= 0.3 is 5.97 Å². The molecule has 2 aromatic rings. The molecule has 4 nitrogen and oxygen atoms in total. The average Bonchev–Trinajstić information content (AvgIpc) is 2.33. The quantitative estimate of drug-likeness (QED) is 0.876. The van der Waals surface area contributed by atoms with E-state index in [1.807, 2.05) is 0 Å². The standard InChI is InChI=1S/C13H10O4/c14-10-3-7-12(8-4-10)17-11-5-1-9(2-6-11)13(15)16/h1-8,14H,(H,15,16)/p-1. The number of hydrogen-bond acceptors (Lipinski definition) is 3. The monoisotopic (exact) mass is 229 g/mol. The molecule has 0 aliphatic rings. The first-order valence-electron chi connectivity index (χ1n) is 4.93. The molecule has 0 aliphatic heterocycles. The molecule has 4 heteroatoms. The number of carboxylic acid groups (broad SMARTS) is 1. The lowest BCUT2D eigenvalue weighted by molar-refractivity contribution is -0.268. The average molecular weight is 229 g/mol. The molecular formula is C13H9O4-. The molecule has 0 aromatic heterocycles. The van der Waals surface area contributed by atoms with E-state index < -0.39 is 5.97 Å². The van der Waals surface area contributed by atoms with Crippen molar-refractivity contribution in [1.82, 2.24) is 0 Å². The Morgan fingerprint density at radius 1 is 0.941 bits per heavy atom. The van der Waals surface area contributed by atoms with E-state index in [-0.39, 0.29) is 11.3 Å². The number of hydrogen-bond donors (Lipinski definition) is 1. The normalized spacial score (nSPS) is 9.88. The zero-order valence-electron chi connectivity index (χ0n) is 8.79. The number of benzene rings is 2. The number of carboxylic acids is 1. The maximum atomic E-state index is 10.9. The number of rotatable bonds is 3. The summed E-state index contributed by atoms with van der Waals surface area (Å²) in [6.07, 6.45) is 0. The Labute approximate surface area is 97.7 Å². The van der Waals surface area contributed by atoms with E-state index in [9.17, 15) is 9.90 Å². The second kappa shape index (κ2) is 4.57. The molecule has 17 heavy (non-hydrogen) atoms. The predicted molar refractivity (Wildman–Crippen MR) is 59.4 cm³/mol. The van der Waals surface area contributed by atoms with Crippen LogP contribution in [-0.4, -0.2) is 11.1 Å².